The van der Waals surface area contributed by atoms with Crippen LogP contribution in [-0.2, 0) is 6.54 Å². The fourth-order valence-electron chi connectivity index (χ4n) is 2.36. The van der Waals surface area contributed by atoms with Crippen molar-refractivity contribution < 1.29 is 0 Å². The van der Waals surface area contributed by atoms with E-state index in [1.54, 1.807) is 0 Å². The van der Waals surface area contributed by atoms with Gasteiger partial charge in [-0.1, -0.05) is 36.4 Å². The second kappa shape index (κ2) is 5.39. The van der Waals surface area contributed by atoms with E-state index in [1.807, 2.05) is 20.0 Å². The first-order valence-corrected chi connectivity index (χ1v) is 6.74. The van der Waals surface area contributed by atoms with Gasteiger partial charge in [0.05, 0.1) is 5.69 Å². The number of hydrogen-bond donors (Lipinski definition) is 1. The Morgan fingerprint density at radius 2 is 1.75 bits per heavy atom. The number of rotatable bonds is 3. The molecule has 0 bridgehead atoms. The number of benzene rings is 2. The number of nitrogens with zero attached hydrogens (tertiary/aromatic N) is 2. The first-order valence-electron chi connectivity index (χ1n) is 6.74. The molecule has 0 amide bonds. The van der Waals surface area contributed by atoms with Crippen LogP contribution in [0.5, 0.6) is 0 Å². The molecule has 20 heavy (non-hydrogen) atoms. The highest BCUT2D eigenvalue weighted by Gasteiger charge is 2.05. The second-order valence-corrected chi connectivity index (χ2v) is 4.92. The molecule has 0 spiro atoms. The molecule has 2 aromatic carbocycles. The van der Waals surface area contributed by atoms with Crippen molar-refractivity contribution in [1.29, 1.82) is 0 Å². The SMILES string of the molecule is CNCc1cc(C)nc(-c2ccc3ccccc3c2)n1. The largest absolute Gasteiger partial charge is 0.314 e. The summed E-state index contributed by atoms with van der Waals surface area (Å²) in [4.78, 5) is 9.18. The molecule has 3 nitrogen and oxygen atoms in total. The van der Waals surface area contributed by atoms with Crippen molar-refractivity contribution in [2.75, 3.05) is 7.05 Å². The number of fused-ring (bicyclic) bond motifs is 1. The summed E-state index contributed by atoms with van der Waals surface area (Å²) in [7, 11) is 1.92. The minimum absolute atomic E-state index is 0.754. The first-order chi connectivity index (χ1) is 9.76. The van der Waals surface area contributed by atoms with Crippen molar-refractivity contribution in [3.05, 3.63) is 59.9 Å². The van der Waals surface area contributed by atoms with Crippen LogP contribution >= 0.6 is 0 Å². The maximum atomic E-state index is 4.63. The van der Waals surface area contributed by atoms with E-state index in [4.69, 9.17) is 0 Å². The topological polar surface area (TPSA) is 37.8 Å². The van der Waals surface area contributed by atoms with Crippen LogP contribution in [0.4, 0.5) is 0 Å². The summed E-state index contributed by atoms with van der Waals surface area (Å²) in [5.41, 5.74) is 3.07. The molecular weight excluding hydrogens is 246 g/mol. The molecule has 100 valence electrons. The Kier molecular flexibility index (Phi) is 3.44. The number of aryl methyl sites for hydroxylation is 1. The fourth-order valence-corrected chi connectivity index (χ4v) is 2.36. The summed E-state index contributed by atoms with van der Waals surface area (Å²) in [5, 5.41) is 5.58. The Hall–Kier alpha value is -2.26. The number of aromatic nitrogens is 2. The molecule has 1 heterocycles. The van der Waals surface area contributed by atoms with E-state index in [0.29, 0.717) is 0 Å². The molecule has 3 rings (SSSR count). The highest BCUT2D eigenvalue weighted by atomic mass is 14.9. The quantitative estimate of drug-likeness (QED) is 0.787. The summed E-state index contributed by atoms with van der Waals surface area (Å²) in [6.45, 7) is 2.76. The van der Waals surface area contributed by atoms with E-state index in [0.717, 1.165) is 29.3 Å². The summed E-state index contributed by atoms with van der Waals surface area (Å²) in [6.07, 6.45) is 0. The standard InChI is InChI=1S/C17H17N3/c1-12-9-16(11-18-2)20-17(19-12)15-8-7-13-5-3-4-6-14(13)10-15/h3-10,18H,11H2,1-2H3. The van der Waals surface area contributed by atoms with Crippen molar-refractivity contribution in [1.82, 2.24) is 15.3 Å². The molecular formula is C17H17N3. The Morgan fingerprint density at radius 1 is 0.950 bits per heavy atom. The Morgan fingerprint density at radius 3 is 2.55 bits per heavy atom. The Bertz CT molecular complexity index is 750. The predicted octanol–water partition coefficient (Wildman–Crippen LogP) is 3.32. The van der Waals surface area contributed by atoms with Crippen LogP contribution in [0.2, 0.25) is 0 Å². The van der Waals surface area contributed by atoms with Crippen molar-refractivity contribution in [3.63, 3.8) is 0 Å². The Labute approximate surface area is 118 Å². The van der Waals surface area contributed by atoms with E-state index < -0.39 is 0 Å². The average Bonchev–Trinajstić information content (AvgIpc) is 2.46. The predicted molar refractivity (Wildman–Crippen MR) is 82.5 cm³/mol. The molecule has 3 aromatic rings. The third-order valence-corrected chi connectivity index (χ3v) is 3.27. The zero-order chi connectivity index (χ0) is 13.9. The summed E-state index contributed by atoms with van der Waals surface area (Å²) in [6, 6.07) is 16.7. The Balaban J connectivity index is 2.10. The van der Waals surface area contributed by atoms with Crippen LogP contribution in [-0.4, -0.2) is 17.0 Å². The van der Waals surface area contributed by atoms with Gasteiger partial charge in [-0.15, -0.1) is 0 Å². The van der Waals surface area contributed by atoms with Crippen molar-refractivity contribution >= 4 is 10.8 Å². The van der Waals surface area contributed by atoms with Crippen LogP contribution in [0.15, 0.2) is 48.5 Å². The van der Waals surface area contributed by atoms with Crippen molar-refractivity contribution in [2.24, 2.45) is 0 Å². The molecule has 0 saturated heterocycles. The van der Waals surface area contributed by atoms with Gasteiger partial charge in [0.2, 0.25) is 0 Å². The lowest BCUT2D eigenvalue weighted by atomic mass is 10.1. The van der Waals surface area contributed by atoms with Gasteiger partial charge in [-0.05, 0) is 36.9 Å². The molecule has 0 radical (unpaired) electrons. The van der Waals surface area contributed by atoms with Gasteiger partial charge in [0.25, 0.3) is 0 Å². The monoisotopic (exact) mass is 263 g/mol. The second-order valence-electron chi connectivity index (χ2n) is 4.92. The molecule has 0 fully saturated rings. The maximum Gasteiger partial charge on any atom is 0.159 e. The lowest BCUT2D eigenvalue weighted by Gasteiger charge is -2.07. The van der Waals surface area contributed by atoms with E-state index >= 15 is 0 Å². The van der Waals surface area contributed by atoms with Crippen molar-refractivity contribution in [2.45, 2.75) is 13.5 Å². The molecule has 1 N–H and O–H groups in total. The van der Waals surface area contributed by atoms with E-state index in [-0.39, 0.29) is 0 Å². The van der Waals surface area contributed by atoms with Gasteiger partial charge < -0.3 is 5.32 Å². The van der Waals surface area contributed by atoms with Crippen LogP contribution in [0.25, 0.3) is 22.2 Å². The molecule has 0 unspecified atom stereocenters. The van der Waals surface area contributed by atoms with Crippen LogP contribution < -0.4 is 5.32 Å². The van der Waals surface area contributed by atoms with Crippen molar-refractivity contribution in [3.8, 4) is 11.4 Å². The van der Waals surface area contributed by atoms with Crippen LogP contribution in [0, 0.1) is 6.92 Å². The highest BCUT2D eigenvalue weighted by molar-refractivity contribution is 5.86. The van der Waals surface area contributed by atoms with E-state index in [2.05, 4.69) is 57.7 Å². The van der Waals surface area contributed by atoms with Gasteiger partial charge in [-0.25, -0.2) is 9.97 Å². The summed E-state index contributed by atoms with van der Waals surface area (Å²) < 4.78 is 0. The first kappa shape index (κ1) is 12.8. The summed E-state index contributed by atoms with van der Waals surface area (Å²) in [5.74, 6) is 0.793. The van der Waals surface area contributed by atoms with Gasteiger partial charge in [0.1, 0.15) is 0 Å². The molecule has 1 aromatic heterocycles. The molecule has 3 heteroatoms. The lowest BCUT2D eigenvalue weighted by molar-refractivity contribution is 0.785. The molecule has 0 aliphatic rings. The minimum atomic E-state index is 0.754. The lowest BCUT2D eigenvalue weighted by Crippen LogP contribution is -2.08. The van der Waals surface area contributed by atoms with Gasteiger partial charge in [-0.2, -0.15) is 0 Å². The third-order valence-electron chi connectivity index (χ3n) is 3.27. The normalized spacial score (nSPS) is 10.9. The molecule has 0 atom stereocenters. The highest BCUT2D eigenvalue weighted by Crippen LogP contribution is 2.22. The van der Waals surface area contributed by atoms with Gasteiger partial charge in [0, 0.05) is 17.8 Å². The molecule has 0 saturated carbocycles. The fraction of sp³-hybridized carbons (Fsp3) is 0.176. The van der Waals surface area contributed by atoms with Crippen LogP contribution in [0.1, 0.15) is 11.4 Å². The van der Waals surface area contributed by atoms with Gasteiger partial charge in [0.15, 0.2) is 5.82 Å². The minimum Gasteiger partial charge on any atom is -0.314 e. The van der Waals surface area contributed by atoms with Crippen LogP contribution in [0.3, 0.4) is 0 Å². The average molecular weight is 263 g/mol. The number of nitrogens with one attached hydrogen (secondary N) is 1. The molecule has 0 aliphatic carbocycles. The zero-order valence-corrected chi connectivity index (χ0v) is 11.7. The summed E-state index contributed by atoms with van der Waals surface area (Å²) >= 11 is 0. The smallest absolute Gasteiger partial charge is 0.159 e. The van der Waals surface area contributed by atoms with E-state index in [9.17, 15) is 0 Å². The molecule has 0 aliphatic heterocycles. The number of hydrogen-bond acceptors (Lipinski definition) is 3. The van der Waals surface area contributed by atoms with Gasteiger partial charge >= 0.3 is 0 Å². The van der Waals surface area contributed by atoms with E-state index in [1.165, 1.54) is 10.8 Å². The zero-order valence-electron chi connectivity index (χ0n) is 11.7. The third kappa shape index (κ3) is 2.53. The maximum absolute atomic E-state index is 4.63. The van der Waals surface area contributed by atoms with Gasteiger partial charge in [-0.3, -0.25) is 0 Å².